The summed E-state index contributed by atoms with van der Waals surface area (Å²) in [5.74, 6) is 0.712. The molecular weight excluding hydrogens is 257 g/mol. The zero-order valence-corrected chi connectivity index (χ0v) is 12.0. The molecular formula is C15H20FN3O. The summed E-state index contributed by atoms with van der Waals surface area (Å²) in [7, 11) is 1.82. The van der Waals surface area contributed by atoms with Gasteiger partial charge in [0, 0.05) is 30.9 Å². The van der Waals surface area contributed by atoms with Crippen LogP contribution >= 0.6 is 0 Å². The van der Waals surface area contributed by atoms with Crippen LogP contribution in [0.1, 0.15) is 37.1 Å². The third-order valence-electron chi connectivity index (χ3n) is 3.31. The average Bonchev–Trinajstić information content (AvgIpc) is 2.88. The number of benzene rings is 1. The van der Waals surface area contributed by atoms with E-state index in [2.05, 4.69) is 24.0 Å². The highest BCUT2D eigenvalue weighted by atomic mass is 19.1. The molecule has 0 aliphatic heterocycles. The lowest BCUT2D eigenvalue weighted by molar-refractivity contribution is 0.180. The first-order valence-electron chi connectivity index (χ1n) is 6.68. The molecule has 0 radical (unpaired) electrons. The molecule has 20 heavy (non-hydrogen) atoms. The maximum absolute atomic E-state index is 13.6. The highest BCUT2D eigenvalue weighted by molar-refractivity contribution is 5.39. The number of aliphatic hydroxyl groups is 1. The highest BCUT2D eigenvalue weighted by Gasteiger charge is 2.16. The van der Waals surface area contributed by atoms with Crippen molar-refractivity contribution in [1.82, 2.24) is 10.2 Å². The summed E-state index contributed by atoms with van der Waals surface area (Å²) >= 11 is 0. The molecule has 2 N–H and O–H groups in total. The molecule has 0 aliphatic carbocycles. The summed E-state index contributed by atoms with van der Waals surface area (Å²) in [5.41, 5.74) is 1.34. The topological polar surface area (TPSA) is 52.1 Å². The van der Waals surface area contributed by atoms with Crippen LogP contribution in [-0.2, 0) is 0 Å². The van der Waals surface area contributed by atoms with Gasteiger partial charge in [0.25, 0.3) is 0 Å². The van der Waals surface area contributed by atoms with Gasteiger partial charge in [0.05, 0.1) is 6.10 Å². The number of H-pyrrole nitrogens is 1. The largest absolute Gasteiger partial charge is 0.386 e. The Morgan fingerprint density at radius 2 is 2.05 bits per heavy atom. The van der Waals surface area contributed by atoms with Crippen molar-refractivity contribution < 1.29 is 9.50 Å². The second kappa shape index (κ2) is 6.05. The molecule has 0 amide bonds. The second-order valence-corrected chi connectivity index (χ2v) is 5.25. The Labute approximate surface area is 118 Å². The molecule has 2 rings (SSSR count). The number of aromatic amines is 1. The molecule has 1 aromatic heterocycles. The van der Waals surface area contributed by atoms with E-state index in [4.69, 9.17) is 0 Å². The number of rotatable bonds is 5. The lowest BCUT2D eigenvalue weighted by atomic mass is 10.1. The predicted octanol–water partition coefficient (Wildman–Crippen LogP) is 2.84. The third kappa shape index (κ3) is 3.17. The van der Waals surface area contributed by atoms with Crippen LogP contribution in [0.5, 0.6) is 0 Å². The Bertz CT molecular complexity index is 568. The lowest BCUT2D eigenvalue weighted by Gasteiger charge is -2.20. The second-order valence-electron chi connectivity index (χ2n) is 5.25. The van der Waals surface area contributed by atoms with Crippen molar-refractivity contribution in [1.29, 1.82) is 0 Å². The number of nitrogens with one attached hydrogen (secondary N) is 1. The molecule has 0 saturated carbocycles. The Kier molecular flexibility index (Phi) is 4.39. The van der Waals surface area contributed by atoms with Gasteiger partial charge in [-0.3, -0.25) is 5.10 Å². The Balaban J connectivity index is 2.07. The number of anilines is 1. The molecule has 0 aliphatic rings. The Morgan fingerprint density at radius 3 is 2.65 bits per heavy atom. The van der Waals surface area contributed by atoms with Gasteiger partial charge in [-0.25, -0.2) is 4.39 Å². The quantitative estimate of drug-likeness (QED) is 0.883. The normalized spacial score (nSPS) is 12.7. The molecule has 0 spiro atoms. The first kappa shape index (κ1) is 14.5. The van der Waals surface area contributed by atoms with E-state index in [9.17, 15) is 9.50 Å². The molecule has 2 aromatic rings. The van der Waals surface area contributed by atoms with Gasteiger partial charge in [0.2, 0.25) is 0 Å². The summed E-state index contributed by atoms with van der Waals surface area (Å²) in [6.45, 7) is 4.43. The van der Waals surface area contributed by atoms with E-state index in [0.29, 0.717) is 11.5 Å². The van der Waals surface area contributed by atoms with Gasteiger partial charge in [0.1, 0.15) is 11.6 Å². The van der Waals surface area contributed by atoms with Crippen LogP contribution in [0.3, 0.4) is 0 Å². The maximum atomic E-state index is 13.6. The standard InChI is InChI=1S/C15H20FN3O/c1-10(2)13-8-15(18-17-13)19(3)9-14(20)11-6-4-5-7-12(11)16/h4-8,10,14,20H,9H2,1-3H3,(H,17,18). The smallest absolute Gasteiger partial charge is 0.150 e. The Morgan fingerprint density at radius 1 is 1.35 bits per heavy atom. The minimum absolute atomic E-state index is 0.281. The summed E-state index contributed by atoms with van der Waals surface area (Å²) in [6, 6.07) is 8.21. The van der Waals surface area contributed by atoms with Crippen molar-refractivity contribution >= 4 is 5.82 Å². The van der Waals surface area contributed by atoms with Gasteiger partial charge in [-0.15, -0.1) is 0 Å². The molecule has 1 atom stereocenters. The average molecular weight is 277 g/mol. The van der Waals surface area contributed by atoms with E-state index in [1.165, 1.54) is 6.07 Å². The molecule has 0 bridgehead atoms. The van der Waals surface area contributed by atoms with E-state index in [1.54, 1.807) is 23.1 Å². The van der Waals surface area contributed by atoms with Crippen LogP contribution < -0.4 is 4.90 Å². The molecule has 5 heteroatoms. The van der Waals surface area contributed by atoms with Crippen molar-refractivity contribution in [2.75, 3.05) is 18.5 Å². The number of hydrogen-bond donors (Lipinski definition) is 2. The van der Waals surface area contributed by atoms with Crippen molar-refractivity contribution in [2.45, 2.75) is 25.9 Å². The van der Waals surface area contributed by atoms with Gasteiger partial charge in [0.15, 0.2) is 0 Å². The van der Waals surface area contributed by atoms with Crippen LogP contribution in [-0.4, -0.2) is 28.9 Å². The van der Waals surface area contributed by atoms with Crippen molar-refractivity contribution in [3.8, 4) is 0 Å². The first-order chi connectivity index (χ1) is 9.49. The van der Waals surface area contributed by atoms with Crippen LogP contribution in [0.15, 0.2) is 30.3 Å². The first-order valence-corrected chi connectivity index (χ1v) is 6.68. The maximum Gasteiger partial charge on any atom is 0.150 e. The SMILES string of the molecule is CC(C)c1cc(N(C)CC(O)c2ccccc2F)n[nH]1. The Hall–Kier alpha value is -1.88. The third-order valence-corrected chi connectivity index (χ3v) is 3.31. The summed E-state index contributed by atoms with van der Waals surface area (Å²) in [5, 5.41) is 17.3. The predicted molar refractivity (Wildman–Crippen MR) is 77.3 cm³/mol. The van der Waals surface area contributed by atoms with E-state index in [1.807, 2.05) is 13.1 Å². The van der Waals surface area contributed by atoms with Crippen LogP contribution in [0.2, 0.25) is 0 Å². The fourth-order valence-corrected chi connectivity index (χ4v) is 2.01. The van der Waals surface area contributed by atoms with Gasteiger partial charge in [-0.1, -0.05) is 32.0 Å². The molecule has 4 nitrogen and oxygen atoms in total. The monoisotopic (exact) mass is 277 g/mol. The number of nitrogens with zero attached hydrogens (tertiary/aromatic N) is 2. The lowest BCUT2D eigenvalue weighted by Crippen LogP contribution is -2.25. The van der Waals surface area contributed by atoms with E-state index >= 15 is 0 Å². The van der Waals surface area contributed by atoms with E-state index in [0.717, 1.165) is 11.5 Å². The van der Waals surface area contributed by atoms with E-state index < -0.39 is 11.9 Å². The fraction of sp³-hybridized carbons (Fsp3) is 0.400. The van der Waals surface area contributed by atoms with Gasteiger partial charge in [-0.05, 0) is 12.0 Å². The van der Waals surface area contributed by atoms with Gasteiger partial charge < -0.3 is 10.0 Å². The number of likely N-dealkylation sites (N-methyl/N-ethyl adjacent to an activating group) is 1. The van der Waals surface area contributed by atoms with Gasteiger partial charge in [-0.2, -0.15) is 5.10 Å². The van der Waals surface area contributed by atoms with E-state index in [-0.39, 0.29) is 6.54 Å². The van der Waals surface area contributed by atoms with Crippen LogP contribution in [0.25, 0.3) is 0 Å². The number of aliphatic hydroxyl groups excluding tert-OH is 1. The zero-order chi connectivity index (χ0) is 14.7. The number of aromatic nitrogens is 2. The van der Waals surface area contributed by atoms with Crippen molar-refractivity contribution in [3.05, 3.63) is 47.4 Å². The molecule has 1 heterocycles. The summed E-state index contributed by atoms with van der Waals surface area (Å²) < 4.78 is 13.6. The molecule has 0 saturated heterocycles. The van der Waals surface area contributed by atoms with Gasteiger partial charge >= 0.3 is 0 Å². The molecule has 0 fully saturated rings. The van der Waals surface area contributed by atoms with Crippen molar-refractivity contribution in [3.63, 3.8) is 0 Å². The highest BCUT2D eigenvalue weighted by Crippen LogP contribution is 2.21. The number of halogens is 1. The molecule has 1 unspecified atom stereocenters. The van der Waals surface area contributed by atoms with Crippen LogP contribution in [0, 0.1) is 5.82 Å². The van der Waals surface area contributed by atoms with Crippen LogP contribution in [0.4, 0.5) is 10.2 Å². The molecule has 1 aromatic carbocycles. The molecule has 108 valence electrons. The number of hydrogen-bond acceptors (Lipinski definition) is 3. The zero-order valence-electron chi connectivity index (χ0n) is 12.0. The van der Waals surface area contributed by atoms with Crippen molar-refractivity contribution in [2.24, 2.45) is 0 Å². The fourth-order valence-electron chi connectivity index (χ4n) is 2.01. The summed E-state index contributed by atoms with van der Waals surface area (Å²) in [4.78, 5) is 1.81. The minimum Gasteiger partial charge on any atom is -0.386 e. The summed E-state index contributed by atoms with van der Waals surface area (Å²) in [6.07, 6.45) is -0.889. The minimum atomic E-state index is -0.889.